The molecule has 2 atom stereocenters. The third-order valence-electron chi connectivity index (χ3n) is 4.10. The first-order valence-electron chi connectivity index (χ1n) is 6.83. The minimum atomic E-state index is -0.920. The Balaban J connectivity index is 2.03. The second kappa shape index (κ2) is 4.86. The average Bonchev–Trinajstić information content (AvgIpc) is 2.81. The van der Waals surface area contributed by atoms with Crippen LogP contribution < -0.4 is 0 Å². The molecular formula is C14H18N4O2. The van der Waals surface area contributed by atoms with E-state index in [0.717, 1.165) is 30.5 Å². The molecule has 2 unspecified atom stereocenters. The zero-order valence-corrected chi connectivity index (χ0v) is 11.7. The third-order valence-corrected chi connectivity index (χ3v) is 4.10. The van der Waals surface area contributed by atoms with Crippen LogP contribution in [0.3, 0.4) is 0 Å². The van der Waals surface area contributed by atoms with Crippen LogP contribution in [-0.2, 0) is 0 Å². The van der Waals surface area contributed by atoms with Gasteiger partial charge in [-0.2, -0.15) is 0 Å². The summed E-state index contributed by atoms with van der Waals surface area (Å²) < 4.78 is 1.90. The number of carboxylic acid groups (broad SMARTS) is 1. The van der Waals surface area contributed by atoms with E-state index in [0.29, 0.717) is 5.92 Å². The number of hydrogen-bond donors (Lipinski definition) is 1. The summed E-state index contributed by atoms with van der Waals surface area (Å²) in [6, 6.07) is 5.24. The van der Waals surface area contributed by atoms with Crippen molar-refractivity contribution in [1.82, 2.24) is 19.9 Å². The van der Waals surface area contributed by atoms with Crippen LogP contribution in [0.15, 0.2) is 18.2 Å². The number of carboxylic acids is 1. The Bertz CT molecular complexity index is 652. The lowest BCUT2D eigenvalue weighted by molar-refractivity contribution is 0.0697. The lowest BCUT2D eigenvalue weighted by Crippen LogP contribution is -2.38. The van der Waals surface area contributed by atoms with Gasteiger partial charge in [-0.25, -0.2) is 9.48 Å². The van der Waals surface area contributed by atoms with E-state index in [1.165, 1.54) is 0 Å². The van der Waals surface area contributed by atoms with Crippen LogP contribution in [0.4, 0.5) is 0 Å². The highest BCUT2D eigenvalue weighted by molar-refractivity contribution is 5.92. The molecule has 0 radical (unpaired) electrons. The Morgan fingerprint density at radius 1 is 1.45 bits per heavy atom. The van der Waals surface area contributed by atoms with Gasteiger partial charge in [-0.15, -0.1) is 5.10 Å². The topological polar surface area (TPSA) is 71.2 Å². The van der Waals surface area contributed by atoms with Crippen molar-refractivity contribution in [1.29, 1.82) is 0 Å². The maximum atomic E-state index is 11.1. The molecule has 1 fully saturated rings. The molecule has 0 amide bonds. The lowest BCUT2D eigenvalue weighted by Gasteiger charge is -2.34. The first-order chi connectivity index (χ1) is 9.56. The summed E-state index contributed by atoms with van der Waals surface area (Å²) in [5.41, 5.74) is 1.84. The summed E-state index contributed by atoms with van der Waals surface area (Å²) >= 11 is 0. The zero-order chi connectivity index (χ0) is 14.3. The largest absolute Gasteiger partial charge is 0.478 e. The minimum Gasteiger partial charge on any atom is -0.478 e. The van der Waals surface area contributed by atoms with E-state index in [1.807, 2.05) is 4.68 Å². The lowest BCUT2D eigenvalue weighted by atomic mass is 9.94. The fourth-order valence-electron chi connectivity index (χ4n) is 3.02. The molecule has 2 aromatic rings. The van der Waals surface area contributed by atoms with Crippen molar-refractivity contribution >= 4 is 17.0 Å². The highest BCUT2D eigenvalue weighted by Crippen LogP contribution is 2.29. The van der Waals surface area contributed by atoms with E-state index < -0.39 is 5.97 Å². The van der Waals surface area contributed by atoms with Crippen molar-refractivity contribution in [3.63, 3.8) is 0 Å². The van der Waals surface area contributed by atoms with Crippen LogP contribution in [0.2, 0.25) is 0 Å². The quantitative estimate of drug-likeness (QED) is 0.901. The van der Waals surface area contributed by atoms with Crippen LogP contribution in [0.5, 0.6) is 0 Å². The molecule has 3 rings (SSSR count). The molecule has 6 nitrogen and oxygen atoms in total. The summed E-state index contributed by atoms with van der Waals surface area (Å²) in [6.45, 7) is 4.24. The highest BCUT2D eigenvalue weighted by atomic mass is 16.4. The number of nitrogens with zero attached hydrogens (tertiary/aromatic N) is 4. The molecule has 106 valence electrons. The molecule has 0 saturated carbocycles. The zero-order valence-electron chi connectivity index (χ0n) is 11.7. The SMILES string of the molecule is CC1CN(C)CCC1n1nnc2ccc(C(=O)O)cc21. The van der Waals surface area contributed by atoms with Crippen LogP contribution in [0.1, 0.15) is 29.7 Å². The van der Waals surface area contributed by atoms with Gasteiger partial charge in [-0.3, -0.25) is 0 Å². The second-order valence-electron chi connectivity index (χ2n) is 5.64. The van der Waals surface area contributed by atoms with Crippen LogP contribution in [0, 0.1) is 5.92 Å². The van der Waals surface area contributed by atoms with E-state index in [4.69, 9.17) is 5.11 Å². The van der Waals surface area contributed by atoms with Crippen molar-refractivity contribution < 1.29 is 9.90 Å². The molecule has 20 heavy (non-hydrogen) atoms. The van der Waals surface area contributed by atoms with Gasteiger partial charge in [0.15, 0.2) is 0 Å². The van der Waals surface area contributed by atoms with Crippen LogP contribution >= 0.6 is 0 Å². The Hall–Kier alpha value is -1.95. The molecule has 2 heterocycles. The number of aromatic nitrogens is 3. The van der Waals surface area contributed by atoms with Gasteiger partial charge in [-0.1, -0.05) is 12.1 Å². The van der Waals surface area contributed by atoms with Crippen LogP contribution in [0.25, 0.3) is 11.0 Å². The third kappa shape index (κ3) is 2.16. The van der Waals surface area contributed by atoms with E-state index in [1.54, 1.807) is 18.2 Å². The fraction of sp³-hybridized carbons (Fsp3) is 0.500. The Morgan fingerprint density at radius 2 is 2.25 bits per heavy atom. The first kappa shape index (κ1) is 13.1. The highest BCUT2D eigenvalue weighted by Gasteiger charge is 2.27. The van der Waals surface area contributed by atoms with Crippen molar-refractivity contribution in [3.8, 4) is 0 Å². The Morgan fingerprint density at radius 3 is 2.95 bits per heavy atom. The fourth-order valence-corrected chi connectivity index (χ4v) is 3.02. The molecule has 1 saturated heterocycles. The molecule has 1 aromatic heterocycles. The molecule has 0 aliphatic carbocycles. The Labute approximate surface area is 117 Å². The number of carbonyl (C=O) groups is 1. The summed E-state index contributed by atoms with van der Waals surface area (Å²) in [5, 5.41) is 17.5. The number of rotatable bonds is 2. The standard InChI is InChI=1S/C14H18N4O2/c1-9-8-17(2)6-5-12(9)18-13-7-10(14(19)20)3-4-11(13)15-16-18/h3-4,7,9,12H,5-6,8H2,1-2H3,(H,19,20). The minimum absolute atomic E-state index is 0.278. The maximum Gasteiger partial charge on any atom is 0.335 e. The van der Waals surface area contributed by atoms with Gasteiger partial charge >= 0.3 is 5.97 Å². The van der Waals surface area contributed by atoms with Gasteiger partial charge < -0.3 is 10.0 Å². The molecule has 1 N–H and O–H groups in total. The van der Waals surface area contributed by atoms with Gasteiger partial charge in [0.25, 0.3) is 0 Å². The summed E-state index contributed by atoms with van der Waals surface area (Å²) in [6.07, 6.45) is 1.01. The molecule has 1 aliphatic rings. The summed E-state index contributed by atoms with van der Waals surface area (Å²) in [4.78, 5) is 13.4. The number of likely N-dealkylation sites (tertiary alicyclic amines) is 1. The number of fused-ring (bicyclic) bond motifs is 1. The van der Waals surface area contributed by atoms with Gasteiger partial charge in [-0.05, 0) is 44.1 Å². The molecule has 1 aromatic carbocycles. The molecular weight excluding hydrogens is 256 g/mol. The number of aromatic carboxylic acids is 1. The summed E-state index contributed by atoms with van der Waals surface area (Å²) in [5.74, 6) is -0.455. The van der Waals surface area contributed by atoms with E-state index in [2.05, 4.69) is 29.2 Å². The van der Waals surface area contributed by atoms with Gasteiger partial charge in [0.1, 0.15) is 5.52 Å². The van der Waals surface area contributed by atoms with Gasteiger partial charge in [0.05, 0.1) is 17.1 Å². The smallest absolute Gasteiger partial charge is 0.335 e. The van der Waals surface area contributed by atoms with Gasteiger partial charge in [0, 0.05) is 6.54 Å². The second-order valence-corrected chi connectivity index (χ2v) is 5.64. The summed E-state index contributed by atoms with van der Waals surface area (Å²) in [7, 11) is 2.12. The molecule has 0 bridgehead atoms. The average molecular weight is 274 g/mol. The molecule has 6 heteroatoms. The maximum absolute atomic E-state index is 11.1. The van der Waals surface area contributed by atoms with E-state index in [9.17, 15) is 4.79 Å². The van der Waals surface area contributed by atoms with Gasteiger partial charge in [0.2, 0.25) is 0 Å². The van der Waals surface area contributed by atoms with Crippen molar-refractivity contribution in [2.75, 3.05) is 20.1 Å². The van der Waals surface area contributed by atoms with Crippen LogP contribution in [-0.4, -0.2) is 51.1 Å². The predicted molar refractivity (Wildman–Crippen MR) is 74.8 cm³/mol. The van der Waals surface area contributed by atoms with Crippen molar-refractivity contribution in [3.05, 3.63) is 23.8 Å². The van der Waals surface area contributed by atoms with Crippen molar-refractivity contribution in [2.45, 2.75) is 19.4 Å². The monoisotopic (exact) mass is 274 g/mol. The van der Waals surface area contributed by atoms with E-state index >= 15 is 0 Å². The van der Waals surface area contributed by atoms with E-state index in [-0.39, 0.29) is 11.6 Å². The number of hydrogen-bond acceptors (Lipinski definition) is 4. The first-order valence-corrected chi connectivity index (χ1v) is 6.83. The number of benzene rings is 1. The van der Waals surface area contributed by atoms with Crippen molar-refractivity contribution in [2.24, 2.45) is 5.92 Å². The normalized spacial score (nSPS) is 24.1. The molecule has 0 spiro atoms. The Kier molecular flexibility index (Phi) is 3.17. The molecule has 1 aliphatic heterocycles. The predicted octanol–water partition coefficient (Wildman–Crippen LogP) is 1.64. The number of piperidine rings is 1.